The Balaban J connectivity index is 2.37. The molecule has 0 unspecified atom stereocenters. The SMILES string of the molecule is CCc1ccc(Cl)c(CC)c1NC(=O)c1cc(Br)c[nH]1. The highest BCUT2D eigenvalue weighted by molar-refractivity contribution is 9.10. The molecule has 0 atom stereocenters. The molecular formula is C15H16BrClN2O. The second kappa shape index (κ2) is 6.46. The van der Waals surface area contributed by atoms with Gasteiger partial charge in [0.05, 0.1) is 0 Å². The maximum Gasteiger partial charge on any atom is 0.272 e. The van der Waals surface area contributed by atoms with Crippen LogP contribution in [0.5, 0.6) is 0 Å². The third-order valence-electron chi connectivity index (χ3n) is 3.21. The van der Waals surface area contributed by atoms with Crippen LogP contribution >= 0.6 is 27.5 Å². The van der Waals surface area contributed by atoms with Crippen LogP contribution in [0.1, 0.15) is 35.5 Å². The fourth-order valence-electron chi connectivity index (χ4n) is 2.15. The summed E-state index contributed by atoms with van der Waals surface area (Å²) >= 11 is 9.55. The van der Waals surface area contributed by atoms with Gasteiger partial charge in [-0.1, -0.05) is 31.5 Å². The molecule has 1 heterocycles. The number of aryl methyl sites for hydroxylation is 1. The van der Waals surface area contributed by atoms with Crippen molar-refractivity contribution in [2.24, 2.45) is 0 Å². The molecule has 0 fully saturated rings. The van der Waals surface area contributed by atoms with Gasteiger partial charge in [0.2, 0.25) is 0 Å². The zero-order valence-corrected chi connectivity index (χ0v) is 13.7. The van der Waals surface area contributed by atoms with Crippen LogP contribution in [-0.4, -0.2) is 10.9 Å². The van der Waals surface area contributed by atoms with Crippen molar-refractivity contribution >= 4 is 39.1 Å². The standard InChI is InChI=1S/C15H16BrClN2O/c1-3-9-5-6-12(17)11(4-2)14(9)19-15(20)13-7-10(16)8-18-13/h5-8,18H,3-4H2,1-2H3,(H,19,20). The van der Waals surface area contributed by atoms with Gasteiger partial charge < -0.3 is 10.3 Å². The van der Waals surface area contributed by atoms with Crippen LogP contribution in [0.4, 0.5) is 5.69 Å². The molecule has 2 N–H and O–H groups in total. The van der Waals surface area contributed by atoms with E-state index in [1.807, 2.05) is 19.1 Å². The number of hydrogen-bond donors (Lipinski definition) is 2. The number of aromatic nitrogens is 1. The Bertz CT molecular complexity index is 637. The van der Waals surface area contributed by atoms with Gasteiger partial charge in [-0.15, -0.1) is 0 Å². The molecule has 0 radical (unpaired) electrons. The van der Waals surface area contributed by atoms with Crippen molar-refractivity contribution in [2.45, 2.75) is 26.7 Å². The van der Waals surface area contributed by atoms with Crippen molar-refractivity contribution in [1.29, 1.82) is 0 Å². The Labute approximate surface area is 131 Å². The normalized spacial score (nSPS) is 10.6. The van der Waals surface area contributed by atoms with E-state index in [4.69, 9.17) is 11.6 Å². The van der Waals surface area contributed by atoms with E-state index < -0.39 is 0 Å². The number of carbonyl (C=O) groups is 1. The predicted octanol–water partition coefficient (Wildman–Crippen LogP) is 4.81. The molecule has 0 saturated carbocycles. The smallest absolute Gasteiger partial charge is 0.272 e. The fourth-order valence-corrected chi connectivity index (χ4v) is 2.78. The van der Waals surface area contributed by atoms with Crippen LogP contribution in [0.2, 0.25) is 5.02 Å². The molecule has 1 amide bonds. The highest BCUT2D eigenvalue weighted by atomic mass is 79.9. The summed E-state index contributed by atoms with van der Waals surface area (Å²) in [5.74, 6) is -0.164. The van der Waals surface area contributed by atoms with Gasteiger partial charge in [0, 0.05) is 21.4 Å². The van der Waals surface area contributed by atoms with E-state index in [0.717, 1.165) is 34.1 Å². The lowest BCUT2D eigenvalue weighted by molar-refractivity contribution is 0.102. The van der Waals surface area contributed by atoms with Gasteiger partial charge in [-0.05, 0) is 52.0 Å². The van der Waals surface area contributed by atoms with Crippen LogP contribution in [0, 0.1) is 0 Å². The van der Waals surface area contributed by atoms with E-state index in [-0.39, 0.29) is 5.91 Å². The first kappa shape index (κ1) is 15.1. The molecule has 2 rings (SSSR count). The molecule has 0 aliphatic heterocycles. The average Bonchev–Trinajstić information content (AvgIpc) is 2.86. The third-order valence-corrected chi connectivity index (χ3v) is 4.02. The second-order valence-corrected chi connectivity index (χ2v) is 5.78. The molecule has 20 heavy (non-hydrogen) atoms. The molecule has 106 valence electrons. The first-order valence-corrected chi connectivity index (χ1v) is 7.69. The highest BCUT2D eigenvalue weighted by Crippen LogP contribution is 2.30. The number of amides is 1. The first-order chi connectivity index (χ1) is 9.56. The van der Waals surface area contributed by atoms with Crippen LogP contribution in [0.15, 0.2) is 28.9 Å². The number of hydrogen-bond acceptors (Lipinski definition) is 1. The van der Waals surface area contributed by atoms with Crippen LogP contribution < -0.4 is 5.32 Å². The van der Waals surface area contributed by atoms with Crippen molar-refractivity contribution in [3.05, 3.63) is 50.7 Å². The monoisotopic (exact) mass is 354 g/mol. The van der Waals surface area contributed by atoms with E-state index in [1.54, 1.807) is 12.3 Å². The third kappa shape index (κ3) is 3.07. The maximum atomic E-state index is 12.3. The van der Waals surface area contributed by atoms with Crippen molar-refractivity contribution in [3.63, 3.8) is 0 Å². The lowest BCUT2D eigenvalue weighted by atomic mass is 10.0. The van der Waals surface area contributed by atoms with E-state index in [9.17, 15) is 4.79 Å². The Kier molecular flexibility index (Phi) is 4.89. The van der Waals surface area contributed by atoms with Gasteiger partial charge in [-0.25, -0.2) is 0 Å². The summed E-state index contributed by atoms with van der Waals surface area (Å²) in [6.45, 7) is 4.09. The number of halogens is 2. The van der Waals surface area contributed by atoms with Gasteiger partial charge in [0.1, 0.15) is 5.69 Å². The minimum atomic E-state index is -0.164. The number of nitrogens with one attached hydrogen (secondary N) is 2. The lowest BCUT2D eigenvalue weighted by Gasteiger charge is -2.15. The quantitative estimate of drug-likeness (QED) is 0.812. The largest absolute Gasteiger partial charge is 0.356 e. The summed E-state index contributed by atoms with van der Waals surface area (Å²) in [4.78, 5) is 15.2. The average molecular weight is 356 g/mol. The predicted molar refractivity (Wildman–Crippen MR) is 86.7 cm³/mol. The molecular weight excluding hydrogens is 340 g/mol. The van der Waals surface area contributed by atoms with Crippen molar-refractivity contribution in [1.82, 2.24) is 4.98 Å². The fraction of sp³-hybridized carbons (Fsp3) is 0.267. The molecule has 2 aromatic rings. The van der Waals surface area contributed by atoms with Crippen LogP contribution in [0.3, 0.4) is 0 Å². The van der Waals surface area contributed by atoms with Crippen molar-refractivity contribution in [3.8, 4) is 0 Å². The minimum Gasteiger partial charge on any atom is -0.356 e. The number of anilines is 1. The van der Waals surface area contributed by atoms with Gasteiger partial charge in [-0.2, -0.15) is 0 Å². The summed E-state index contributed by atoms with van der Waals surface area (Å²) < 4.78 is 0.847. The number of H-pyrrole nitrogens is 1. The number of aromatic amines is 1. The Morgan fingerprint density at radius 3 is 2.65 bits per heavy atom. The molecule has 0 saturated heterocycles. The molecule has 0 spiro atoms. The minimum absolute atomic E-state index is 0.164. The van der Waals surface area contributed by atoms with E-state index >= 15 is 0 Å². The topological polar surface area (TPSA) is 44.9 Å². The maximum absolute atomic E-state index is 12.3. The van der Waals surface area contributed by atoms with Crippen molar-refractivity contribution < 1.29 is 4.79 Å². The number of carbonyl (C=O) groups excluding carboxylic acids is 1. The summed E-state index contributed by atoms with van der Waals surface area (Å²) in [6.07, 6.45) is 3.35. The Hall–Kier alpha value is -1.26. The molecule has 5 heteroatoms. The van der Waals surface area contributed by atoms with Crippen LogP contribution in [-0.2, 0) is 12.8 Å². The zero-order valence-electron chi connectivity index (χ0n) is 11.4. The summed E-state index contributed by atoms with van der Waals surface area (Å²) in [5.41, 5.74) is 3.41. The Morgan fingerprint density at radius 2 is 2.10 bits per heavy atom. The number of rotatable bonds is 4. The molecule has 1 aromatic heterocycles. The van der Waals surface area contributed by atoms with Gasteiger partial charge >= 0.3 is 0 Å². The van der Waals surface area contributed by atoms with E-state index in [2.05, 4.69) is 33.2 Å². The summed E-state index contributed by atoms with van der Waals surface area (Å²) in [6, 6.07) is 5.60. The van der Waals surface area contributed by atoms with Gasteiger partial charge in [-0.3, -0.25) is 4.79 Å². The molecule has 1 aromatic carbocycles. The molecule has 0 aliphatic rings. The van der Waals surface area contributed by atoms with Gasteiger partial charge in [0.25, 0.3) is 5.91 Å². The van der Waals surface area contributed by atoms with Crippen LogP contribution in [0.25, 0.3) is 0 Å². The zero-order chi connectivity index (χ0) is 14.7. The molecule has 0 aliphatic carbocycles. The van der Waals surface area contributed by atoms with Crippen molar-refractivity contribution in [2.75, 3.05) is 5.32 Å². The Morgan fingerprint density at radius 1 is 1.35 bits per heavy atom. The second-order valence-electron chi connectivity index (χ2n) is 4.45. The highest BCUT2D eigenvalue weighted by Gasteiger charge is 2.15. The summed E-state index contributed by atoms with van der Waals surface area (Å²) in [7, 11) is 0. The molecule has 3 nitrogen and oxygen atoms in total. The number of benzene rings is 1. The van der Waals surface area contributed by atoms with E-state index in [0.29, 0.717) is 10.7 Å². The summed E-state index contributed by atoms with van der Waals surface area (Å²) in [5, 5.41) is 3.66. The molecule has 0 bridgehead atoms. The van der Waals surface area contributed by atoms with Gasteiger partial charge in [0.15, 0.2) is 0 Å². The lowest BCUT2D eigenvalue weighted by Crippen LogP contribution is -2.15. The van der Waals surface area contributed by atoms with E-state index in [1.165, 1.54) is 0 Å². The first-order valence-electron chi connectivity index (χ1n) is 6.52.